The molecule has 2 rings (SSSR count). The summed E-state index contributed by atoms with van der Waals surface area (Å²) >= 11 is 0. The van der Waals surface area contributed by atoms with Crippen LogP contribution in [0.1, 0.15) is 45.5 Å². The molecule has 0 radical (unpaired) electrons. The number of carboxylic acids is 1. The largest absolute Gasteiger partial charge is 0.478 e. The maximum Gasteiger partial charge on any atom is 0.419 e. The van der Waals surface area contributed by atoms with Gasteiger partial charge in [-0.2, -0.15) is 26.3 Å². The molecule has 1 atom stereocenters. The molecule has 168 valence electrons. The Kier molecular flexibility index (Phi) is 6.48. The van der Waals surface area contributed by atoms with Crippen LogP contribution in [0.4, 0.5) is 39.5 Å². The second-order valence-electron chi connectivity index (χ2n) is 6.64. The van der Waals surface area contributed by atoms with Crippen molar-refractivity contribution in [2.45, 2.75) is 31.1 Å². The van der Waals surface area contributed by atoms with E-state index < -0.39 is 58.2 Å². The Bertz CT molecular complexity index is 999. The Labute approximate surface area is 169 Å². The van der Waals surface area contributed by atoms with E-state index in [-0.39, 0.29) is 11.6 Å². The number of alkyl halides is 8. The lowest BCUT2D eigenvalue weighted by atomic mass is 9.90. The van der Waals surface area contributed by atoms with Crippen LogP contribution in [-0.2, 0) is 12.4 Å². The van der Waals surface area contributed by atoms with Crippen LogP contribution in [0.15, 0.2) is 42.5 Å². The molecule has 31 heavy (non-hydrogen) atoms. The van der Waals surface area contributed by atoms with Crippen molar-refractivity contribution in [1.82, 2.24) is 0 Å². The van der Waals surface area contributed by atoms with Gasteiger partial charge in [0.2, 0.25) is 0 Å². The molecule has 0 aliphatic rings. The van der Waals surface area contributed by atoms with Crippen LogP contribution < -0.4 is 0 Å². The molecule has 0 amide bonds. The van der Waals surface area contributed by atoms with Crippen molar-refractivity contribution in [3.8, 4) is 0 Å². The van der Waals surface area contributed by atoms with Crippen LogP contribution in [0.3, 0.4) is 0 Å². The van der Waals surface area contributed by atoms with E-state index in [0.29, 0.717) is 37.3 Å². The molecule has 11 heteroatoms. The van der Waals surface area contributed by atoms with E-state index in [1.165, 1.54) is 0 Å². The van der Waals surface area contributed by atoms with Crippen molar-refractivity contribution in [3.05, 3.63) is 76.1 Å². The summed E-state index contributed by atoms with van der Waals surface area (Å²) in [5, 5.41) is 8.87. The van der Waals surface area contributed by atoms with E-state index in [9.17, 15) is 44.3 Å². The third kappa shape index (κ3) is 5.80. The first-order valence-electron chi connectivity index (χ1n) is 8.39. The first kappa shape index (κ1) is 24.3. The third-order valence-corrected chi connectivity index (χ3v) is 4.26. The van der Waals surface area contributed by atoms with Crippen molar-refractivity contribution < 1.29 is 49.4 Å². The number of aromatic carboxylic acids is 1. The van der Waals surface area contributed by atoms with Gasteiger partial charge >= 0.3 is 18.3 Å². The van der Waals surface area contributed by atoms with Gasteiger partial charge < -0.3 is 5.11 Å². The van der Waals surface area contributed by atoms with Gasteiger partial charge in [0.15, 0.2) is 0 Å². The zero-order valence-electron chi connectivity index (χ0n) is 15.5. The molecule has 0 spiro atoms. The predicted octanol–water partition coefficient (Wildman–Crippen LogP) is 7.01. The Morgan fingerprint density at radius 3 is 1.97 bits per heavy atom. The minimum Gasteiger partial charge on any atom is -0.478 e. The molecule has 0 saturated carbocycles. The first-order valence-corrected chi connectivity index (χ1v) is 8.39. The number of carboxylic acid groups (broad SMARTS) is 1. The van der Waals surface area contributed by atoms with Gasteiger partial charge in [-0.25, -0.2) is 18.0 Å². The molecule has 0 heterocycles. The molecular formula is C20H13F9O2. The second kappa shape index (κ2) is 8.27. The van der Waals surface area contributed by atoms with Gasteiger partial charge in [-0.15, -0.1) is 0 Å². The first-order chi connectivity index (χ1) is 14.0. The summed E-state index contributed by atoms with van der Waals surface area (Å²) in [6.07, 6.45) is -8.74. The molecule has 1 unspecified atom stereocenters. The minimum atomic E-state index is -5.15. The topological polar surface area (TPSA) is 37.3 Å². The van der Waals surface area contributed by atoms with E-state index in [2.05, 4.69) is 0 Å². The van der Waals surface area contributed by atoms with Gasteiger partial charge in [0, 0.05) is 6.92 Å². The van der Waals surface area contributed by atoms with Crippen molar-refractivity contribution >= 4 is 12.0 Å². The number of hydrogen-bond donors (Lipinski definition) is 1. The molecule has 0 aromatic heterocycles. The van der Waals surface area contributed by atoms with Crippen LogP contribution in [0.2, 0.25) is 0 Å². The molecule has 0 aliphatic heterocycles. The number of carbonyl (C=O) groups is 1. The van der Waals surface area contributed by atoms with Crippen LogP contribution >= 0.6 is 0 Å². The third-order valence-electron chi connectivity index (χ3n) is 4.26. The summed E-state index contributed by atoms with van der Waals surface area (Å²) in [6.45, 7) is 0.382. The highest BCUT2D eigenvalue weighted by Crippen LogP contribution is 2.39. The molecule has 0 fully saturated rings. The Hall–Kier alpha value is -2.98. The summed E-state index contributed by atoms with van der Waals surface area (Å²) in [5.74, 6) is -9.22. The molecule has 0 bridgehead atoms. The highest BCUT2D eigenvalue weighted by atomic mass is 19.4. The number of benzene rings is 2. The van der Waals surface area contributed by atoms with Crippen LogP contribution in [0, 0.1) is 5.82 Å². The molecule has 2 aromatic rings. The molecule has 0 saturated heterocycles. The monoisotopic (exact) mass is 456 g/mol. The van der Waals surface area contributed by atoms with Crippen molar-refractivity contribution in [3.63, 3.8) is 0 Å². The standard InChI is InChI=1S/C20H13F9O2/c1-18(22,23)13(11-4-7-16(21)15(9-11)20(27,28)29)6-3-10-2-5-12(17(30)31)14(8-10)19(24,25)26/h2-9,13H,1H3,(H,30,31)/b6-3+. The molecule has 1 N–H and O–H groups in total. The molecule has 2 aromatic carbocycles. The van der Waals surface area contributed by atoms with E-state index >= 15 is 0 Å². The zero-order valence-corrected chi connectivity index (χ0v) is 15.5. The normalized spacial score (nSPS) is 14.1. The van der Waals surface area contributed by atoms with Gasteiger partial charge in [-0.1, -0.05) is 24.3 Å². The Morgan fingerprint density at radius 1 is 0.903 bits per heavy atom. The predicted molar refractivity (Wildman–Crippen MR) is 92.2 cm³/mol. The Balaban J connectivity index is 2.54. The lowest BCUT2D eigenvalue weighted by molar-refractivity contribution is -0.140. The number of hydrogen-bond acceptors (Lipinski definition) is 1. The fourth-order valence-corrected chi connectivity index (χ4v) is 2.82. The lowest BCUT2D eigenvalue weighted by Crippen LogP contribution is -2.21. The smallest absolute Gasteiger partial charge is 0.419 e. The van der Waals surface area contributed by atoms with Crippen LogP contribution in [0.5, 0.6) is 0 Å². The SMILES string of the molecule is CC(F)(F)C(/C=C/c1ccc(C(=O)O)c(C(F)(F)F)c1)c1ccc(F)c(C(F)(F)F)c1. The number of rotatable bonds is 5. The number of halogens is 9. The fraction of sp³-hybridized carbons (Fsp3) is 0.250. The summed E-state index contributed by atoms with van der Waals surface area (Å²) in [7, 11) is 0. The maximum atomic E-state index is 14.1. The zero-order chi connectivity index (χ0) is 23.8. The van der Waals surface area contributed by atoms with Gasteiger partial charge in [0.05, 0.1) is 22.6 Å². The summed E-state index contributed by atoms with van der Waals surface area (Å²) in [5.41, 5.74) is -5.28. The van der Waals surface area contributed by atoms with Crippen LogP contribution in [-0.4, -0.2) is 17.0 Å². The average Bonchev–Trinajstić information content (AvgIpc) is 2.60. The summed E-state index contributed by atoms with van der Waals surface area (Å²) in [6, 6.07) is 3.25. The highest BCUT2D eigenvalue weighted by Gasteiger charge is 2.38. The quantitative estimate of drug-likeness (QED) is 0.492. The summed E-state index contributed by atoms with van der Waals surface area (Å²) in [4.78, 5) is 11.0. The van der Waals surface area contributed by atoms with E-state index in [0.717, 1.165) is 12.1 Å². The van der Waals surface area contributed by atoms with Gasteiger partial charge in [0.1, 0.15) is 5.82 Å². The fourth-order valence-electron chi connectivity index (χ4n) is 2.82. The van der Waals surface area contributed by atoms with Crippen molar-refractivity contribution in [2.75, 3.05) is 0 Å². The Morgan fingerprint density at radius 2 is 1.48 bits per heavy atom. The maximum absolute atomic E-state index is 14.1. The van der Waals surface area contributed by atoms with E-state index in [4.69, 9.17) is 5.11 Å². The highest BCUT2D eigenvalue weighted by molar-refractivity contribution is 5.90. The summed E-state index contributed by atoms with van der Waals surface area (Å²) < 4.78 is 120. The van der Waals surface area contributed by atoms with Crippen LogP contribution in [0.25, 0.3) is 6.08 Å². The molecule has 2 nitrogen and oxygen atoms in total. The van der Waals surface area contributed by atoms with E-state index in [1.54, 1.807) is 0 Å². The molecule has 0 aliphatic carbocycles. The average molecular weight is 456 g/mol. The van der Waals surface area contributed by atoms with Gasteiger partial charge in [-0.05, 0) is 35.4 Å². The molecular weight excluding hydrogens is 443 g/mol. The van der Waals surface area contributed by atoms with Gasteiger partial charge in [-0.3, -0.25) is 0 Å². The van der Waals surface area contributed by atoms with E-state index in [1.807, 2.05) is 0 Å². The lowest BCUT2D eigenvalue weighted by Gasteiger charge is -2.22. The van der Waals surface area contributed by atoms with Crippen molar-refractivity contribution in [1.29, 1.82) is 0 Å². The second-order valence-corrected chi connectivity index (χ2v) is 6.64. The van der Waals surface area contributed by atoms with Gasteiger partial charge in [0.25, 0.3) is 5.92 Å². The number of allylic oxidation sites excluding steroid dienone is 1. The van der Waals surface area contributed by atoms with Crippen molar-refractivity contribution in [2.24, 2.45) is 0 Å². The minimum absolute atomic E-state index is 0.205.